The van der Waals surface area contributed by atoms with Gasteiger partial charge in [0.15, 0.2) is 0 Å². The number of hydrogen-bond acceptors (Lipinski definition) is 3. The SMILES string of the molecule is CC(C)(C)OC(=O)Nc1cc(C2CCNCC2)ccc1Br. The van der Waals surface area contributed by atoms with Gasteiger partial charge < -0.3 is 10.1 Å². The van der Waals surface area contributed by atoms with Gasteiger partial charge in [0.2, 0.25) is 0 Å². The second-order valence-electron chi connectivity index (χ2n) is 6.39. The summed E-state index contributed by atoms with van der Waals surface area (Å²) in [6, 6.07) is 6.16. The second kappa shape index (κ2) is 6.79. The normalized spacial score (nSPS) is 16.6. The lowest BCUT2D eigenvalue weighted by atomic mass is 9.90. The van der Waals surface area contributed by atoms with Gasteiger partial charge in [-0.15, -0.1) is 0 Å². The van der Waals surface area contributed by atoms with Gasteiger partial charge in [-0.05, 0) is 86.2 Å². The van der Waals surface area contributed by atoms with E-state index in [-0.39, 0.29) is 0 Å². The molecule has 0 aromatic heterocycles. The molecule has 1 aliphatic rings. The molecule has 116 valence electrons. The van der Waals surface area contributed by atoms with E-state index in [1.165, 1.54) is 5.56 Å². The number of ether oxygens (including phenoxy) is 1. The summed E-state index contributed by atoms with van der Waals surface area (Å²) in [5.74, 6) is 0.554. The zero-order valence-electron chi connectivity index (χ0n) is 12.8. The highest BCUT2D eigenvalue weighted by Crippen LogP contribution is 2.31. The van der Waals surface area contributed by atoms with Crippen LogP contribution in [0.1, 0.15) is 45.1 Å². The Balaban J connectivity index is 2.10. The van der Waals surface area contributed by atoms with Crippen molar-refractivity contribution in [1.29, 1.82) is 0 Å². The van der Waals surface area contributed by atoms with E-state index in [4.69, 9.17) is 4.74 Å². The molecule has 1 aliphatic heterocycles. The maximum Gasteiger partial charge on any atom is 0.412 e. The fourth-order valence-corrected chi connectivity index (χ4v) is 2.81. The molecule has 21 heavy (non-hydrogen) atoms. The Morgan fingerprint density at radius 2 is 2.00 bits per heavy atom. The summed E-state index contributed by atoms with van der Waals surface area (Å²) in [6.45, 7) is 7.67. The number of amides is 1. The van der Waals surface area contributed by atoms with Crippen LogP contribution in [0, 0.1) is 0 Å². The average Bonchev–Trinajstić information content (AvgIpc) is 2.40. The van der Waals surface area contributed by atoms with Crippen LogP contribution in [0.25, 0.3) is 0 Å². The molecule has 0 saturated carbocycles. The summed E-state index contributed by atoms with van der Waals surface area (Å²) < 4.78 is 6.17. The molecule has 2 N–H and O–H groups in total. The molecule has 1 amide bonds. The van der Waals surface area contributed by atoms with Crippen molar-refractivity contribution in [1.82, 2.24) is 5.32 Å². The molecule has 0 unspecified atom stereocenters. The fourth-order valence-electron chi connectivity index (χ4n) is 2.46. The van der Waals surface area contributed by atoms with Crippen LogP contribution < -0.4 is 10.6 Å². The molecule has 0 bridgehead atoms. The number of hydrogen-bond donors (Lipinski definition) is 2. The molecule has 0 aliphatic carbocycles. The van der Waals surface area contributed by atoms with E-state index in [0.29, 0.717) is 5.92 Å². The number of halogens is 1. The van der Waals surface area contributed by atoms with Crippen molar-refractivity contribution in [3.05, 3.63) is 28.2 Å². The summed E-state index contributed by atoms with van der Waals surface area (Å²) in [5, 5.41) is 6.19. The van der Waals surface area contributed by atoms with Crippen LogP contribution in [0.4, 0.5) is 10.5 Å². The number of nitrogens with one attached hydrogen (secondary N) is 2. The number of piperidine rings is 1. The zero-order valence-corrected chi connectivity index (χ0v) is 14.4. The van der Waals surface area contributed by atoms with Gasteiger partial charge in [-0.2, -0.15) is 0 Å². The van der Waals surface area contributed by atoms with Crippen molar-refractivity contribution in [2.75, 3.05) is 18.4 Å². The summed E-state index contributed by atoms with van der Waals surface area (Å²) in [7, 11) is 0. The number of anilines is 1. The highest BCUT2D eigenvalue weighted by atomic mass is 79.9. The summed E-state index contributed by atoms with van der Waals surface area (Å²) in [4.78, 5) is 11.9. The van der Waals surface area contributed by atoms with E-state index >= 15 is 0 Å². The minimum absolute atomic E-state index is 0.425. The van der Waals surface area contributed by atoms with E-state index in [1.807, 2.05) is 32.9 Å². The van der Waals surface area contributed by atoms with Crippen LogP contribution in [0.3, 0.4) is 0 Å². The highest BCUT2D eigenvalue weighted by Gasteiger charge is 2.19. The Hall–Kier alpha value is -1.07. The maximum atomic E-state index is 11.9. The Morgan fingerprint density at radius 3 is 2.62 bits per heavy atom. The van der Waals surface area contributed by atoms with Crippen LogP contribution in [-0.4, -0.2) is 24.8 Å². The van der Waals surface area contributed by atoms with E-state index < -0.39 is 11.7 Å². The quantitative estimate of drug-likeness (QED) is 0.833. The fraction of sp³-hybridized carbons (Fsp3) is 0.562. The standard InChI is InChI=1S/C16H23BrN2O2/c1-16(2,3)21-15(20)19-14-10-12(4-5-13(14)17)11-6-8-18-9-7-11/h4-5,10-11,18H,6-9H2,1-3H3,(H,19,20). The molecule has 1 heterocycles. The third kappa shape index (κ3) is 5.00. The van der Waals surface area contributed by atoms with Crippen LogP contribution in [0.15, 0.2) is 22.7 Å². The molecule has 0 radical (unpaired) electrons. The first-order valence-electron chi connectivity index (χ1n) is 7.35. The first-order valence-corrected chi connectivity index (χ1v) is 8.14. The first-order chi connectivity index (χ1) is 9.85. The van der Waals surface area contributed by atoms with Crippen molar-refractivity contribution in [2.45, 2.75) is 45.1 Å². The molecule has 4 nitrogen and oxygen atoms in total. The van der Waals surface area contributed by atoms with Gasteiger partial charge in [0, 0.05) is 4.47 Å². The summed E-state index contributed by atoms with van der Waals surface area (Å²) in [6.07, 6.45) is 1.84. The van der Waals surface area contributed by atoms with Crippen LogP contribution in [0.5, 0.6) is 0 Å². The van der Waals surface area contributed by atoms with Crippen molar-refractivity contribution < 1.29 is 9.53 Å². The number of carbonyl (C=O) groups excluding carboxylic acids is 1. The Labute approximate surface area is 134 Å². The predicted molar refractivity (Wildman–Crippen MR) is 88.8 cm³/mol. The van der Waals surface area contributed by atoms with E-state index in [2.05, 4.69) is 32.6 Å². The Morgan fingerprint density at radius 1 is 1.33 bits per heavy atom. The minimum Gasteiger partial charge on any atom is -0.444 e. The maximum absolute atomic E-state index is 11.9. The summed E-state index contributed by atoms with van der Waals surface area (Å²) in [5.41, 5.74) is 1.54. The smallest absolute Gasteiger partial charge is 0.412 e. The third-order valence-corrected chi connectivity index (χ3v) is 4.13. The molecule has 1 fully saturated rings. The van der Waals surface area contributed by atoms with E-state index in [1.54, 1.807) is 0 Å². The van der Waals surface area contributed by atoms with Gasteiger partial charge in [0.05, 0.1) is 5.69 Å². The largest absolute Gasteiger partial charge is 0.444 e. The topological polar surface area (TPSA) is 50.4 Å². The predicted octanol–water partition coefficient (Wildman–Crippen LogP) is 4.26. The van der Waals surface area contributed by atoms with E-state index in [0.717, 1.165) is 36.1 Å². The van der Waals surface area contributed by atoms with Gasteiger partial charge in [-0.3, -0.25) is 5.32 Å². The molecular formula is C16H23BrN2O2. The average molecular weight is 355 g/mol. The zero-order chi connectivity index (χ0) is 15.5. The Kier molecular flexibility index (Phi) is 5.27. The van der Waals surface area contributed by atoms with Gasteiger partial charge in [0.25, 0.3) is 0 Å². The van der Waals surface area contributed by atoms with Gasteiger partial charge >= 0.3 is 6.09 Å². The third-order valence-electron chi connectivity index (χ3n) is 3.44. The molecule has 1 aromatic rings. The lowest BCUT2D eigenvalue weighted by Crippen LogP contribution is -2.28. The molecular weight excluding hydrogens is 332 g/mol. The molecule has 5 heteroatoms. The molecule has 1 aromatic carbocycles. The second-order valence-corrected chi connectivity index (χ2v) is 7.24. The number of rotatable bonds is 2. The van der Waals surface area contributed by atoms with Crippen molar-refractivity contribution in [2.24, 2.45) is 0 Å². The molecule has 0 atom stereocenters. The minimum atomic E-state index is -0.497. The number of carbonyl (C=O) groups is 1. The van der Waals surface area contributed by atoms with Crippen molar-refractivity contribution in [3.63, 3.8) is 0 Å². The van der Waals surface area contributed by atoms with Gasteiger partial charge in [-0.25, -0.2) is 4.79 Å². The van der Waals surface area contributed by atoms with Crippen molar-refractivity contribution in [3.8, 4) is 0 Å². The molecule has 1 saturated heterocycles. The van der Waals surface area contributed by atoms with Crippen LogP contribution in [-0.2, 0) is 4.74 Å². The lowest BCUT2D eigenvalue weighted by Gasteiger charge is -2.24. The summed E-state index contributed by atoms with van der Waals surface area (Å²) >= 11 is 3.48. The Bertz CT molecular complexity index is 505. The van der Waals surface area contributed by atoms with Gasteiger partial charge in [-0.1, -0.05) is 6.07 Å². The van der Waals surface area contributed by atoms with Crippen molar-refractivity contribution >= 4 is 27.7 Å². The van der Waals surface area contributed by atoms with Crippen LogP contribution in [0.2, 0.25) is 0 Å². The monoisotopic (exact) mass is 354 g/mol. The molecule has 2 rings (SSSR count). The lowest BCUT2D eigenvalue weighted by molar-refractivity contribution is 0.0636. The van der Waals surface area contributed by atoms with E-state index in [9.17, 15) is 4.79 Å². The highest BCUT2D eigenvalue weighted by molar-refractivity contribution is 9.10. The number of benzene rings is 1. The first kappa shape index (κ1) is 16.3. The molecule has 0 spiro atoms. The van der Waals surface area contributed by atoms with Gasteiger partial charge in [0.1, 0.15) is 5.60 Å². The van der Waals surface area contributed by atoms with Crippen LogP contribution >= 0.6 is 15.9 Å².